The van der Waals surface area contributed by atoms with Crippen molar-refractivity contribution in [3.8, 4) is 0 Å². The third kappa shape index (κ3) is 2.33. The molecule has 0 saturated carbocycles. The molecule has 0 aliphatic carbocycles. The normalized spacial score (nSPS) is 22.5. The maximum Gasteiger partial charge on any atom is 0.227 e. The number of morpholine rings is 1. The van der Waals surface area contributed by atoms with E-state index in [1.807, 2.05) is 17.0 Å². The maximum absolute atomic E-state index is 12.6. The van der Waals surface area contributed by atoms with Gasteiger partial charge < -0.3 is 19.0 Å². The van der Waals surface area contributed by atoms with Gasteiger partial charge >= 0.3 is 0 Å². The van der Waals surface area contributed by atoms with Crippen LogP contribution < -0.4 is 4.90 Å². The standard InChI is InChI=1S/C16H19N3O3/c20-16(18-6-9-21-10-7-18)12-2-5-19(11-12)15-13-3-8-22-14(13)1-4-17-15/h1,3-4,8,12H,2,5-7,9-11H2. The van der Waals surface area contributed by atoms with E-state index in [2.05, 4.69) is 9.88 Å². The Kier molecular flexibility index (Phi) is 3.46. The predicted octanol–water partition coefficient (Wildman–Crippen LogP) is 1.51. The lowest BCUT2D eigenvalue weighted by Crippen LogP contribution is -2.44. The van der Waals surface area contributed by atoms with Crippen LogP contribution in [0.15, 0.2) is 29.0 Å². The monoisotopic (exact) mass is 301 g/mol. The van der Waals surface area contributed by atoms with Crippen LogP contribution >= 0.6 is 0 Å². The van der Waals surface area contributed by atoms with Crippen molar-refractivity contribution in [3.63, 3.8) is 0 Å². The van der Waals surface area contributed by atoms with Crippen molar-refractivity contribution < 1.29 is 13.9 Å². The van der Waals surface area contributed by atoms with Crippen molar-refractivity contribution in [2.75, 3.05) is 44.3 Å². The summed E-state index contributed by atoms with van der Waals surface area (Å²) in [5, 5.41) is 1.02. The first-order valence-electron chi connectivity index (χ1n) is 7.76. The minimum absolute atomic E-state index is 0.0575. The van der Waals surface area contributed by atoms with Gasteiger partial charge in [0, 0.05) is 32.4 Å². The molecule has 2 aliphatic heterocycles. The first kappa shape index (κ1) is 13.6. The fraction of sp³-hybridized carbons (Fsp3) is 0.500. The van der Waals surface area contributed by atoms with E-state index in [-0.39, 0.29) is 11.8 Å². The molecule has 4 heterocycles. The van der Waals surface area contributed by atoms with E-state index in [1.54, 1.807) is 12.5 Å². The zero-order valence-corrected chi connectivity index (χ0v) is 12.4. The van der Waals surface area contributed by atoms with Crippen LogP contribution in [0.2, 0.25) is 0 Å². The fourth-order valence-electron chi connectivity index (χ4n) is 3.33. The highest BCUT2D eigenvalue weighted by Crippen LogP contribution is 2.30. The van der Waals surface area contributed by atoms with Crippen LogP contribution in [0.4, 0.5) is 5.82 Å². The summed E-state index contributed by atoms with van der Waals surface area (Å²) < 4.78 is 10.7. The van der Waals surface area contributed by atoms with Gasteiger partial charge in [-0.2, -0.15) is 0 Å². The second-order valence-corrected chi connectivity index (χ2v) is 5.84. The molecule has 1 unspecified atom stereocenters. The molecule has 116 valence electrons. The minimum atomic E-state index is 0.0575. The number of ether oxygens (including phenoxy) is 1. The third-order valence-corrected chi connectivity index (χ3v) is 4.52. The van der Waals surface area contributed by atoms with Crippen molar-refractivity contribution in [2.45, 2.75) is 6.42 Å². The highest BCUT2D eigenvalue weighted by Gasteiger charge is 2.33. The van der Waals surface area contributed by atoms with Gasteiger partial charge in [-0.3, -0.25) is 4.79 Å². The van der Waals surface area contributed by atoms with Crippen LogP contribution in [0.1, 0.15) is 6.42 Å². The Bertz CT molecular complexity index is 678. The molecule has 22 heavy (non-hydrogen) atoms. The molecule has 2 aromatic rings. The Morgan fingerprint density at radius 1 is 1.23 bits per heavy atom. The number of furan rings is 1. The Balaban J connectivity index is 1.50. The van der Waals surface area contributed by atoms with E-state index >= 15 is 0 Å². The smallest absolute Gasteiger partial charge is 0.227 e. The molecular formula is C16H19N3O3. The molecule has 2 aliphatic rings. The van der Waals surface area contributed by atoms with Gasteiger partial charge in [0.2, 0.25) is 5.91 Å². The van der Waals surface area contributed by atoms with Gasteiger partial charge in [0.15, 0.2) is 0 Å². The van der Waals surface area contributed by atoms with E-state index in [0.717, 1.165) is 36.3 Å². The van der Waals surface area contributed by atoms with Crippen LogP contribution in [0.25, 0.3) is 11.0 Å². The molecule has 6 heteroatoms. The molecular weight excluding hydrogens is 282 g/mol. The summed E-state index contributed by atoms with van der Waals surface area (Å²) in [7, 11) is 0. The second-order valence-electron chi connectivity index (χ2n) is 5.84. The van der Waals surface area contributed by atoms with Gasteiger partial charge in [-0.1, -0.05) is 0 Å². The van der Waals surface area contributed by atoms with Gasteiger partial charge in [0.1, 0.15) is 11.4 Å². The molecule has 0 spiro atoms. The lowest BCUT2D eigenvalue weighted by molar-refractivity contribution is -0.138. The predicted molar refractivity (Wildman–Crippen MR) is 81.7 cm³/mol. The number of hydrogen-bond donors (Lipinski definition) is 0. The average Bonchev–Trinajstić information content (AvgIpc) is 3.24. The number of fused-ring (bicyclic) bond motifs is 1. The lowest BCUT2D eigenvalue weighted by Gasteiger charge is -2.29. The number of hydrogen-bond acceptors (Lipinski definition) is 5. The minimum Gasteiger partial charge on any atom is -0.464 e. The number of carbonyl (C=O) groups excluding carboxylic acids is 1. The molecule has 1 atom stereocenters. The van der Waals surface area contributed by atoms with Crippen LogP contribution in [-0.4, -0.2) is 55.2 Å². The highest BCUT2D eigenvalue weighted by molar-refractivity contribution is 5.89. The zero-order chi connectivity index (χ0) is 14.9. The Morgan fingerprint density at radius 2 is 2.09 bits per heavy atom. The number of carbonyl (C=O) groups is 1. The van der Waals surface area contributed by atoms with Gasteiger partial charge in [0.25, 0.3) is 0 Å². The topological polar surface area (TPSA) is 58.8 Å². The van der Waals surface area contributed by atoms with Crippen molar-refractivity contribution >= 4 is 22.7 Å². The van der Waals surface area contributed by atoms with Crippen LogP contribution in [0.5, 0.6) is 0 Å². The Morgan fingerprint density at radius 3 is 2.95 bits per heavy atom. The Hall–Kier alpha value is -2.08. The van der Waals surface area contributed by atoms with E-state index in [9.17, 15) is 4.79 Å². The first-order chi connectivity index (χ1) is 10.8. The molecule has 6 nitrogen and oxygen atoms in total. The molecule has 0 N–H and O–H groups in total. The summed E-state index contributed by atoms with van der Waals surface area (Å²) in [5.74, 6) is 1.23. The lowest BCUT2D eigenvalue weighted by atomic mass is 10.1. The summed E-state index contributed by atoms with van der Waals surface area (Å²) in [6.07, 6.45) is 4.33. The van der Waals surface area contributed by atoms with Gasteiger partial charge in [-0.05, 0) is 18.6 Å². The van der Waals surface area contributed by atoms with Gasteiger partial charge in [0.05, 0.1) is 30.8 Å². The summed E-state index contributed by atoms with van der Waals surface area (Å²) >= 11 is 0. The average molecular weight is 301 g/mol. The number of pyridine rings is 1. The summed E-state index contributed by atoms with van der Waals surface area (Å²) in [6.45, 7) is 4.32. The molecule has 4 rings (SSSR count). The molecule has 0 aromatic carbocycles. The highest BCUT2D eigenvalue weighted by atomic mass is 16.5. The van der Waals surface area contributed by atoms with Crippen molar-refractivity contribution in [1.82, 2.24) is 9.88 Å². The van der Waals surface area contributed by atoms with Crippen molar-refractivity contribution in [2.24, 2.45) is 5.92 Å². The van der Waals surface area contributed by atoms with Crippen molar-refractivity contribution in [1.29, 1.82) is 0 Å². The second kappa shape index (κ2) is 5.61. The van der Waals surface area contributed by atoms with Crippen LogP contribution in [0, 0.1) is 5.92 Å². The number of nitrogens with zero attached hydrogens (tertiary/aromatic N) is 3. The summed E-state index contributed by atoms with van der Waals surface area (Å²) in [6, 6.07) is 3.81. The number of aromatic nitrogens is 1. The molecule has 2 aromatic heterocycles. The van der Waals surface area contributed by atoms with E-state index < -0.39 is 0 Å². The molecule has 0 bridgehead atoms. The van der Waals surface area contributed by atoms with Gasteiger partial charge in [-0.15, -0.1) is 0 Å². The van der Waals surface area contributed by atoms with Gasteiger partial charge in [-0.25, -0.2) is 4.98 Å². The summed E-state index contributed by atoms with van der Waals surface area (Å²) in [4.78, 5) is 21.2. The third-order valence-electron chi connectivity index (χ3n) is 4.52. The fourth-order valence-corrected chi connectivity index (χ4v) is 3.33. The molecule has 0 radical (unpaired) electrons. The number of anilines is 1. The largest absolute Gasteiger partial charge is 0.464 e. The zero-order valence-electron chi connectivity index (χ0n) is 12.4. The number of rotatable bonds is 2. The quantitative estimate of drug-likeness (QED) is 0.841. The van der Waals surface area contributed by atoms with Crippen LogP contribution in [0.3, 0.4) is 0 Å². The molecule has 2 saturated heterocycles. The molecule has 1 amide bonds. The Labute approximate surface area is 128 Å². The van der Waals surface area contributed by atoms with E-state index in [0.29, 0.717) is 26.3 Å². The SMILES string of the molecule is O=C(C1CCN(c2nccc3occc23)C1)N1CCOCC1. The molecule has 2 fully saturated rings. The summed E-state index contributed by atoms with van der Waals surface area (Å²) in [5.41, 5.74) is 0.841. The first-order valence-corrected chi connectivity index (χ1v) is 7.76. The van der Waals surface area contributed by atoms with E-state index in [1.165, 1.54) is 0 Å². The number of amides is 1. The van der Waals surface area contributed by atoms with Crippen molar-refractivity contribution in [3.05, 3.63) is 24.6 Å². The maximum atomic E-state index is 12.6. The van der Waals surface area contributed by atoms with E-state index in [4.69, 9.17) is 9.15 Å². The van der Waals surface area contributed by atoms with Crippen LogP contribution in [-0.2, 0) is 9.53 Å².